The van der Waals surface area contributed by atoms with Gasteiger partial charge in [-0.3, -0.25) is 0 Å². The summed E-state index contributed by atoms with van der Waals surface area (Å²) in [5.74, 6) is 0. The lowest BCUT2D eigenvalue weighted by Gasteiger charge is -2.34. The maximum absolute atomic E-state index is 12.8. The number of hydrogen-bond donors (Lipinski definition) is 0. The van der Waals surface area contributed by atoms with Crippen LogP contribution < -0.4 is 0 Å². The summed E-state index contributed by atoms with van der Waals surface area (Å²) < 4.78 is 43.9. The molecule has 0 aromatic rings. The number of rotatable bonds is 3. The SMILES string of the molecule is CCC(C)(OC1CCCCCC1)C(F)(F)F. The van der Waals surface area contributed by atoms with Crippen LogP contribution in [0, 0.1) is 0 Å². The first-order chi connectivity index (χ1) is 7.39. The highest BCUT2D eigenvalue weighted by Crippen LogP contribution is 2.38. The third kappa shape index (κ3) is 3.37. The Kier molecular flexibility index (Phi) is 4.65. The van der Waals surface area contributed by atoms with Gasteiger partial charge in [0.05, 0.1) is 6.10 Å². The zero-order valence-electron chi connectivity index (χ0n) is 10.1. The number of hydrogen-bond acceptors (Lipinski definition) is 1. The average Bonchev–Trinajstić information content (AvgIpc) is 2.44. The third-order valence-electron chi connectivity index (χ3n) is 3.50. The molecule has 0 saturated heterocycles. The van der Waals surface area contributed by atoms with E-state index in [-0.39, 0.29) is 12.5 Å². The lowest BCUT2D eigenvalue weighted by Crippen LogP contribution is -2.46. The minimum atomic E-state index is -4.27. The molecule has 96 valence electrons. The van der Waals surface area contributed by atoms with Crippen LogP contribution >= 0.6 is 0 Å². The van der Waals surface area contributed by atoms with Gasteiger partial charge in [-0.1, -0.05) is 32.6 Å². The van der Waals surface area contributed by atoms with Gasteiger partial charge < -0.3 is 4.74 Å². The lowest BCUT2D eigenvalue weighted by atomic mass is 10.0. The van der Waals surface area contributed by atoms with E-state index in [2.05, 4.69) is 0 Å². The molecule has 1 atom stereocenters. The van der Waals surface area contributed by atoms with Crippen molar-refractivity contribution in [2.45, 2.75) is 76.7 Å². The van der Waals surface area contributed by atoms with Crippen LogP contribution in [-0.4, -0.2) is 17.9 Å². The van der Waals surface area contributed by atoms with Gasteiger partial charge in [0.2, 0.25) is 0 Å². The van der Waals surface area contributed by atoms with Gasteiger partial charge in [-0.25, -0.2) is 0 Å². The molecule has 0 radical (unpaired) electrons. The largest absolute Gasteiger partial charge is 0.417 e. The van der Waals surface area contributed by atoms with Crippen molar-refractivity contribution in [3.8, 4) is 0 Å². The lowest BCUT2D eigenvalue weighted by molar-refractivity contribution is -0.286. The molecule has 0 aliphatic heterocycles. The highest BCUT2D eigenvalue weighted by molar-refractivity contribution is 4.84. The van der Waals surface area contributed by atoms with Gasteiger partial charge in [-0.05, 0) is 26.2 Å². The quantitative estimate of drug-likeness (QED) is 0.660. The number of halogens is 3. The highest BCUT2D eigenvalue weighted by Gasteiger charge is 2.52. The van der Waals surface area contributed by atoms with E-state index in [0.717, 1.165) is 45.4 Å². The zero-order valence-corrected chi connectivity index (χ0v) is 10.1. The predicted molar refractivity (Wildman–Crippen MR) is 57.3 cm³/mol. The third-order valence-corrected chi connectivity index (χ3v) is 3.50. The summed E-state index contributed by atoms with van der Waals surface area (Å²) >= 11 is 0. The second-order valence-corrected chi connectivity index (χ2v) is 4.81. The van der Waals surface area contributed by atoms with Gasteiger partial charge in [-0.15, -0.1) is 0 Å². The Hall–Kier alpha value is -0.250. The van der Waals surface area contributed by atoms with Crippen molar-refractivity contribution in [3.63, 3.8) is 0 Å². The van der Waals surface area contributed by atoms with Crippen LogP contribution in [0.25, 0.3) is 0 Å². The Morgan fingerprint density at radius 1 is 1.06 bits per heavy atom. The highest BCUT2D eigenvalue weighted by atomic mass is 19.4. The maximum atomic E-state index is 12.8. The van der Waals surface area contributed by atoms with Crippen LogP contribution in [-0.2, 0) is 4.74 Å². The normalized spacial score (nSPS) is 23.8. The van der Waals surface area contributed by atoms with Crippen LogP contribution in [0.4, 0.5) is 13.2 Å². The molecule has 1 nitrogen and oxygen atoms in total. The van der Waals surface area contributed by atoms with Crippen LogP contribution in [0.5, 0.6) is 0 Å². The Labute approximate surface area is 95.4 Å². The molecule has 0 aromatic heterocycles. The summed E-state index contributed by atoms with van der Waals surface area (Å²) in [5, 5.41) is 0. The van der Waals surface area contributed by atoms with E-state index in [4.69, 9.17) is 4.74 Å². The molecule has 1 saturated carbocycles. The summed E-state index contributed by atoms with van der Waals surface area (Å²) in [6.07, 6.45) is 1.25. The minimum absolute atomic E-state index is 0.0208. The van der Waals surface area contributed by atoms with Crippen LogP contribution in [0.3, 0.4) is 0 Å². The fourth-order valence-corrected chi connectivity index (χ4v) is 2.08. The Bertz CT molecular complexity index is 207. The molecule has 1 aliphatic carbocycles. The molecule has 0 N–H and O–H groups in total. The molecule has 16 heavy (non-hydrogen) atoms. The van der Waals surface area contributed by atoms with Crippen LogP contribution in [0.2, 0.25) is 0 Å². The monoisotopic (exact) mass is 238 g/mol. The first-order valence-electron chi connectivity index (χ1n) is 6.13. The van der Waals surface area contributed by atoms with Crippen molar-refractivity contribution in [2.24, 2.45) is 0 Å². The maximum Gasteiger partial charge on any atom is 0.417 e. The van der Waals surface area contributed by atoms with Crippen LogP contribution in [0.1, 0.15) is 58.8 Å². The average molecular weight is 238 g/mol. The van der Waals surface area contributed by atoms with Gasteiger partial charge >= 0.3 is 6.18 Å². The van der Waals surface area contributed by atoms with Gasteiger partial charge in [0, 0.05) is 0 Å². The van der Waals surface area contributed by atoms with E-state index in [1.54, 1.807) is 0 Å². The molecule has 0 spiro atoms. The summed E-state index contributed by atoms with van der Waals surface area (Å²) in [7, 11) is 0. The van der Waals surface area contributed by atoms with Crippen molar-refractivity contribution in [3.05, 3.63) is 0 Å². The second kappa shape index (κ2) is 5.39. The summed E-state index contributed by atoms with van der Waals surface area (Å²) in [5.41, 5.74) is -1.97. The summed E-state index contributed by atoms with van der Waals surface area (Å²) in [6, 6.07) is 0. The van der Waals surface area contributed by atoms with E-state index in [9.17, 15) is 13.2 Å². The summed E-state index contributed by atoms with van der Waals surface area (Å²) in [6.45, 7) is 2.70. The van der Waals surface area contributed by atoms with Gasteiger partial charge in [0.25, 0.3) is 0 Å². The molecule has 0 amide bonds. The molecule has 0 bridgehead atoms. The molecule has 1 unspecified atom stereocenters. The van der Waals surface area contributed by atoms with Crippen molar-refractivity contribution >= 4 is 0 Å². The molecule has 4 heteroatoms. The molecular weight excluding hydrogens is 217 g/mol. The number of ether oxygens (including phenoxy) is 1. The van der Waals surface area contributed by atoms with Crippen molar-refractivity contribution in [1.82, 2.24) is 0 Å². The molecule has 1 aliphatic rings. The second-order valence-electron chi connectivity index (χ2n) is 4.81. The smallest absolute Gasteiger partial charge is 0.363 e. The van der Waals surface area contributed by atoms with Gasteiger partial charge in [0.15, 0.2) is 5.60 Å². The fourth-order valence-electron chi connectivity index (χ4n) is 2.08. The van der Waals surface area contributed by atoms with Crippen molar-refractivity contribution in [2.75, 3.05) is 0 Å². The summed E-state index contributed by atoms with van der Waals surface area (Å²) in [4.78, 5) is 0. The topological polar surface area (TPSA) is 9.23 Å². The van der Waals surface area contributed by atoms with E-state index in [1.807, 2.05) is 0 Å². The van der Waals surface area contributed by atoms with Gasteiger partial charge in [-0.2, -0.15) is 13.2 Å². The van der Waals surface area contributed by atoms with Crippen molar-refractivity contribution in [1.29, 1.82) is 0 Å². The first kappa shape index (κ1) is 13.8. The fraction of sp³-hybridized carbons (Fsp3) is 1.00. The Morgan fingerprint density at radius 2 is 1.56 bits per heavy atom. The van der Waals surface area contributed by atoms with E-state index < -0.39 is 11.8 Å². The van der Waals surface area contributed by atoms with E-state index in [0.29, 0.717) is 0 Å². The molecule has 1 fully saturated rings. The predicted octanol–water partition coefficient (Wildman–Crippen LogP) is 4.46. The van der Waals surface area contributed by atoms with Gasteiger partial charge in [0.1, 0.15) is 0 Å². The molecular formula is C12H21F3O. The van der Waals surface area contributed by atoms with E-state index in [1.165, 1.54) is 6.92 Å². The van der Waals surface area contributed by atoms with Crippen LogP contribution in [0.15, 0.2) is 0 Å². The van der Waals surface area contributed by atoms with Crippen molar-refractivity contribution < 1.29 is 17.9 Å². The van der Waals surface area contributed by atoms with E-state index >= 15 is 0 Å². The zero-order chi connectivity index (χ0) is 12.2. The molecule has 0 heterocycles. The minimum Gasteiger partial charge on any atom is -0.363 e. The molecule has 0 aromatic carbocycles. The number of alkyl halides is 3. The standard InChI is InChI=1S/C12H21F3O/c1-3-11(2,12(13,14)15)16-10-8-6-4-5-7-9-10/h10H,3-9H2,1-2H3. The first-order valence-corrected chi connectivity index (χ1v) is 6.13. The Balaban J connectivity index is 2.61. The Morgan fingerprint density at radius 3 is 1.94 bits per heavy atom. The molecule has 1 rings (SSSR count).